The Labute approximate surface area is 146 Å². The van der Waals surface area contributed by atoms with E-state index in [1.54, 1.807) is 0 Å². The molecule has 24 heavy (non-hydrogen) atoms. The topological polar surface area (TPSA) is 6.48 Å². The van der Waals surface area contributed by atoms with Crippen LogP contribution >= 0.6 is 0 Å². The minimum absolute atomic E-state index is 0.808. The third kappa shape index (κ3) is 3.55. The smallest absolute Gasteiger partial charge is 0.0240 e. The van der Waals surface area contributed by atoms with E-state index in [4.69, 9.17) is 0 Å². The molecule has 0 aliphatic carbocycles. The Bertz CT molecular complexity index is 646. The molecule has 0 amide bonds. The highest BCUT2D eigenvalue weighted by molar-refractivity contribution is 5.38. The fourth-order valence-electron chi connectivity index (χ4n) is 4.43. The van der Waals surface area contributed by atoms with Crippen LogP contribution in [-0.4, -0.2) is 36.5 Å². The molecule has 2 aliphatic rings. The summed E-state index contributed by atoms with van der Waals surface area (Å²) < 4.78 is 0. The van der Waals surface area contributed by atoms with Gasteiger partial charge < -0.3 is 4.90 Å². The summed E-state index contributed by atoms with van der Waals surface area (Å²) in [6.45, 7) is 5.91. The second kappa shape index (κ2) is 7.08. The number of likely N-dealkylation sites (tertiary alicyclic amines) is 1. The second-order valence-electron chi connectivity index (χ2n) is 7.65. The number of piperidine rings is 1. The molecule has 1 saturated heterocycles. The maximum atomic E-state index is 2.68. The summed E-state index contributed by atoms with van der Waals surface area (Å²) >= 11 is 0. The minimum atomic E-state index is 0.808. The molecule has 0 radical (unpaired) electrons. The van der Waals surface area contributed by atoms with Crippen LogP contribution in [0.5, 0.6) is 0 Å². The molecule has 2 heterocycles. The summed E-state index contributed by atoms with van der Waals surface area (Å²) in [6.07, 6.45) is 3.80. The lowest BCUT2D eigenvalue weighted by Gasteiger charge is -2.35. The zero-order valence-electron chi connectivity index (χ0n) is 14.7. The van der Waals surface area contributed by atoms with Crippen LogP contribution in [-0.2, 0) is 19.5 Å². The van der Waals surface area contributed by atoms with Gasteiger partial charge in [0.2, 0.25) is 0 Å². The van der Waals surface area contributed by atoms with Crippen molar-refractivity contribution in [3.05, 3.63) is 70.8 Å². The molecular formula is C22H28N2. The standard InChI is InChI=1S/C22H28N2/c1-23-12-6-7-18(14-23)15-24-16-21-10-4-2-8-19(21)13-20-9-3-5-11-22(20)17-24/h2-5,8-11,18H,6-7,12-17H2,1H3. The first-order chi connectivity index (χ1) is 11.8. The predicted octanol–water partition coefficient (Wildman–Crippen LogP) is 3.93. The van der Waals surface area contributed by atoms with Crippen LogP contribution in [0.4, 0.5) is 0 Å². The summed E-state index contributed by atoms with van der Waals surface area (Å²) in [4.78, 5) is 5.18. The first kappa shape index (κ1) is 15.9. The monoisotopic (exact) mass is 320 g/mol. The fraction of sp³-hybridized carbons (Fsp3) is 0.455. The van der Waals surface area contributed by atoms with Crippen molar-refractivity contribution in [1.82, 2.24) is 9.80 Å². The Morgan fingerprint density at radius 1 is 0.875 bits per heavy atom. The number of hydrogen-bond donors (Lipinski definition) is 0. The Hall–Kier alpha value is -1.64. The van der Waals surface area contributed by atoms with Gasteiger partial charge in [-0.1, -0.05) is 48.5 Å². The van der Waals surface area contributed by atoms with E-state index in [9.17, 15) is 0 Å². The molecule has 126 valence electrons. The molecule has 4 rings (SSSR count). The average molecular weight is 320 g/mol. The molecule has 0 spiro atoms. The van der Waals surface area contributed by atoms with E-state index in [1.807, 2.05) is 0 Å². The van der Waals surface area contributed by atoms with E-state index in [2.05, 4.69) is 65.4 Å². The maximum absolute atomic E-state index is 2.68. The molecular weight excluding hydrogens is 292 g/mol. The quantitative estimate of drug-likeness (QED) is 0.827. The minimum Gasteiger partial charge on any atom is -0.306 e. The van der Waals surface area contributed by atoms with Crippen LogP contribution in [0.3, 0.4) is 0 Å². The third-order valence-corrected chi connectivity index (χ3v) is 5.64. The van der Waals surface area contributed by atoms with E-state index in [0.717, 1.165) is 25.4 Å². The lowest BCUT2D eigenvalue weighted by Crippen LogP contribution is -2.39. The molecule has 2 nitrogen and oxygen atoms in total. The summed E-state index contributed by atoms with van der Waals surface area (Å²) in [6, 6.07) is 18.0. The van der Waals surface area contributed by atoms with Gasteiger partial charge in [-0.2, -0.15) is 0 Å². The van der Waals surface area contributed by atoms with Gasteiger partial charge in [0.25, 0.3) is 0 Å². The highest BCUT2D eigenvalue weighted by Crippen LogP contribution is 2.26. The highest BCUT2D eigenvalue weighted by Gasteiger charge is 2.22. The van der Waals surface area contributed by atoms with Gasteiger partial charge in [0.05, 0.1) is 0 Å². The Balaban J connectivity index is 1.60. The van der Waals surface area contributed by atoms with Crippen LogP contribution in [0.25, 0.3) is 0 Å². The fourth-order valence-corrected chi connectivity index (χ4v) is 4.43. The number of nitrogens with zero attached hydrogens (tertiary/aromatic N) is 2. The second-order valence-corrected chi connectivity index (χ2v) is 7.65. The van der Waals surface area contributed by atoms with Gasteiger partial charge >= 0.3 is 0 Å². The summed E-state index contributed by atoms with van der Waals surface area (Å²) in [5, 5.41) is 0. The summed E-state index contributed by atoms with van der Waals surface area (Å²) in [5.74, 6) is 0.808. The summed E-state index contributed by atoms with van der Waals surface area (Å²) in [7, 11) is 2.27. The highest BCUT2D eigenvalue weighted by atomic mass is 15.1. The van der Waals surface area contributed by atoms with Gasteiger partial charge in [0, 0.05) is 26.2 Å². The molecule has 2 aromatic carbocycles. The normalized spacial score (nSPS) is 22.3. The van der Waals surface area contributed by atoms with Gasteiger partial charge in [0.1, 0.15) is 0 Å². The number of benzene rings is 2. The van der Waals surface area contributed by atoms with Crippen molar-refractivity contribution in [3.63, 3.8) is 0 Å². The number of fused-ring (bicyclic) bond motifs is 2. The first-order valence-corrected chi connectivity index (χ1v) is 9.32. The molecule has 0 saturated carbocycles. The number of hydrogen-bond acceptors (Lipinski definition) is 2. The molecule has 2 aromatic rings. The molecule has 0 bridgehead atoms. The molecule has 2 heteroatoms. The van der Waals surface area contributed by atoms with Crippen LogP contribution in [0, 0.1) is 5.92 Å². The average Bonchev–Trinajstić information content (AvgIpc) is 2.56. The van der Waals surface area contributed by atoms with Crippen molar-refractivity contribution < 1.29 is 0 Å². The molecule has 1 fully saturated rings. The van der Waals surface area contributed by atoms with Crippen LogP contribution < -0.4 is 0 Å². The van der Waals surface area contributed by atoms with E-state index >= 15 is 0 Å². The lowest BCUT2D eigenvalue weighted by molar-refractivity contribution is 0.142. The van der Waals surface area contributed by atoms with E-state index in [-0.39, 0.29) is 0 Å². The number of rotatable bonds is 2. The van der Waals surface area contributed by atoms with Crippen molar-refractivity contribution in [3.8, 4) is 0 Å². The molecule has 0 aromatic heterocycles. The van der Waals surface area contributed by atoms with Crippen molar-refractivity contribution in [2.45, 2.75) is 32.4 Å². The van der Waals surface area contributed by atoms with Crippen molar-refractivity contribution in [2.75, 3.05) is 26.7 Å². The van der Waals surface area contributed by atoms with E-state index in [1.165, 1.54) is 54.7 Å². The largest absolute Gasteiger partial charge is 0.306 e. The Morgan fingerprint density at radius 3 is 2.04 bits per heavy atom. The van der Waals surface area contributed by atoms with Crippen LogP contribution in [0.15, 0.2) is 48.5 Å². The molecule has 2 aliphatic heterocycles. The van der Waals surface area contributed by atoms with Gasteiger partial charge in [-0.3, -0.25) is 4.90 Å². The zero-order chi connectivity index (χ0) is 16.4. The van der Waals surface area contributed by atoms with Gasteiger partial charge in [0.15, 0.2) is 0 Å². The van der Waals surface area contributed by atoms with E-state index < -0.39 is 0 Å². The van der Waals surface area contributed by atoms with Crippen LogP contribution in [0.2, 0.25) is 0 Å². The van der Waals surface area contributed by atoms with Crippen molar-refractivity contribution in [1.29, 1.82) is 0 Å². The first-order valence-electron chi connectivity index (χ1n) is 9.32. The SMILES string of the molecule is CN1CCCC(CN2Cc3ccccc3Cc3ccccc3C2)C1. The van der Waals surface area contributed by atoms with E-state index in [0.29, 0.717) is 0 Å². The molecule has 1 unspecified atom stereocenters. The molecule has 1 atom stereocenters. The van der Waals surface area contributed by atoms with Gasteiger partial charge in [-0.25, -0.2) is 0 Å². The van der Waals surface area contributed by atoms with Crippen molar-refractivity contribution >= 4 is 0 Å². The zero-order valence-corrected chi connectivity index (χ0v) is 14.7. The molecule has 0 N–H and O–H groups in total. The Kier molecular flexibility index (Phi) is 4.68. The predicted molar refractivity (Wildman–Crippen MR) is 100 cm³/mol. The third-order valence-electron chi connectivity index (χ3n) is 5.64. The van der Waals surface area contributed by atoms with Gasteiger partial charge in [-0.15, -0.1) is 0 Å². The summed E-state index contributed by atoms with van der Waals surface area (Å²) in [5.41, 5.74) is 6.01. The van der Waals surface area contributed by atoms with Crippen LogP contribution in [0.1, 0.15) is 35.1 Å². The maximum Gasteiger partial charge on any atom is 0.0240 e. The Morgan fingerprint density at radius 2 is 1.46 bits per heavy atom. The lowest BCUT2D eigenvalue weighted by atomic mass is 9.92. The van der Waals surface area contributed by atoms with Crippen molar-refractivity contribution in [2.24, 2.45) is 5.92 Å². The van der Waals surface area contributed by atoms with Gasteiger partial charge in [-0.05, 0) is 61.0 Å².